The van der Waals surface area contributed by atoms with Crippen molar-refractivity contribution in [2.45, 2.75) is 19.9 Å². The van der Waals surface area contributed by atoms with Gasteiger partial charge in [0.25, 0.3) is 11.5 Å². The van der Waals surface area contributed by atoms with Crippen molar-refractivity contribution in [1.29, 1.82) is 5.26 Å². The van der Waals surface area contributed by atoms with E-state index in [2.05, 4.69) is 10.4 Å². The van der Waals surface area contributed by atoms with Gasteiger partial charge in [0.1, 0.15) is 5.69 Å². The standard InChI is InChI=1S/C15H14N4O2/c1-2-8-19-14(20)7-6-13(18-19)15(21)17-12-5-3-4-11(9-12)10-16/h3-7,9H,2,8H2,1H3,(H,17,21). The molecule has 106 valence electrons. The number of nitrogens with zero attached hydrogens (tertiary/aromatic N) is 3. The Morgan fingerprint density at radius 1 is 1.38 bits per heavy atom. The van der Waals surface area contributed by atoms with Gasteiger partial charge in [-0.25, -0.2) is 4.68 Å². The molecule has 1 aromatic carbocycles. The molecule has 0 spiro atoms. The summed E-state index contributed by atoms with van der Waals surface area (Å²) < 4.78 is 1.26. The van der Waals surface area contributed by atoms with Crippen molar-refractivity contribution in [1.82, 2.24) is 9.78 Å². The number of rotatable bonds is 4. The monoisotopic (exact) mass is 282 g/mol. The van der Waals surface area contributed by atoms with E-state index in [-0.39, 0.29) is 11.3 Å². The van der Waals surface area contributed by atoms with Gasteiger partial charge in [0.2, 0.25) is 0 Å². The summed E-state index contributed by atoms with van der Waals surface area (Å²) in [6.45, 7) is 2.39. The topological polar surface area (TPSA) is 87.8 Å². The van der Waals surface area contributed by atoms with Crippen LogP contribution >= 0.6 is 0 Å². The van der Waals surface area contributed by atoms with Crippen LogP contribution < -0.4 is 10.9 Å². The molecule has 6 heteroatoms. The highest BCUT2D eigenvalue weighted by molar-refractivity contribution is 6.02. The third-order valence-electron chi connectivity index (χ3n) is 2.78. The third-order valence-corrected chi connectivity index (χ3v) is 2.78. The maximum Gasteiger partial charge on any atom is 0.276 e. The molecular formula is C15H14N4O2. The zero-order valence-electron chi connectivity index (χ0n) is 11.5. The first-order valence-electron chi connectivity index (χ1n) is 6.53. The Labute approximate surface area is 121 Å². The first kappa shape index (κ1) is 14.5. The highest BCUT2D eigenvalue weighted by atomic mass is 16.2. The lowest BCUT2D eigenvalue weighted by Gasteiger charge is -2.07. The van der Waals surface area contributed by atoms with Gasteiger partial charge >= 0.3 is 0 Å². The molecule has 1 aromatic heterocycles. The maximum absolute atomic E-state index is 12.1. The average molecular weight is 282 g/mol. The fraction of sp³-hybridized carbons (Fsp3) is 0.200. The second-order valence-corrected chi connectivity index (χ2v) is 4.43. The zero-order valence-corrected chi connectivity index (χ0v) is 11.5. The fourth-order valence-corrected chi connectivity index (χ4v) is 1.80. The van der Waals surface area contributed by atoms with Crippen molar-refractivity contribution < 1.29 is 4.79 Å². The van der Waals surface area contributed by atoms with Gasteiger partial charge < -0.3 is 5.32 Å². The van der Waals surface area contributed by atoms with Gasteiger partial charge in [0.05, 0.1) is 11.6 Å². The van der Waals surface area contributed by atoms with Crippen molar-refractivity contribution in [2.75, 3.05) is 5.32 Å². The Hall–Kier alpha value is -2.94. The summed E-state index contributed by atoms with van der Waals surface area (Å²) in [5.74, 6) is -0.421. The lowest BCUT2D eigenvalue weighted by atomic mass is 10.2. The minimum atomic E-state index is -0.421. The van der Waals surface area contributed by atoms with Crippen LogP contribution in [0.5, 0.6) is 0 Å². The highest BCUT2D eigenvalue weighted by Crippen LogP contribution is 2.10. The number of aryl methyl sites for hydroxylation is 1. The van der Waals surface area contributed by atoms with Crippen LogP contribution in [-0.4, -0.2) is 15.7 Å². The van der Waals surface area contributed by atoms with Crippen molar-refractivity contribution >= 4 is 11.6 Å². The molecule has 0 aliphatic carbocycles. The van der Waals surface area contributed by atoms with Crippen molar-refractivity contribution in [3.8, 4) is 6.07 Å². The van der Waals surface area contributed by atoms with Crippen molar-refractivity contribution in [2.24, 2.45) is 0 Å². The lowest BCUT2D eigenvalue weighted by Crippen LogP contribution is -2.26. The zero-order chi connectivity index (χ0) is 15.2. The van der Waals surface area contributed by atoms with E-state index < -0.39 is 5.91 Å². The number of nitrogens with one attached hydrogen (secondary N) is 1. The van der Waals surface area contributed by atoms with E-state index in [4.69, 9.17) is 5.26 Å². The molecule has 1 N–H and O–H groups in total. The molecular weight excluding hydrogens is 268 g/mol. The number of amides is 1. The minimum absolute atomic E-state index is 0.158. The van der Waals surface area contributed by atoms with Gasteiger partial charge in [0, 0.05) is 18.3 Å². The molecule has 0 radical (unpaired) electrons. The normalized spacial score (nSPS) is 9.90. The predicted molar refractivity (Wildman–Crippen MR) is 77.9 cm³/mol. The molecule has 0 bridgehead atoms. The van der Waals surface area contributed by atoms with E-state index in [0.717, 1.165) is 6.42 Å². The van der Waals surface area contributed by atoms with Crippen LogP contribution in [0.4, 0.5) is 5.69 Å². The molecule has 0 aliphatic heterocycles. The maximum atomic E-state index is 12.1. The van der Waals surface area contributed by atoms with Gasteiger partial charge in [-0.2, -0.15) is 10.4 Å². The Bertz CT molecular complexity index is 759. The first-order valence-corrected chi connectivity index (χ1v) is 6.53. The molecule has 1 heterocycles. The quantitative estimate of drug-likeness (QED) is 0.925. The highest BCUT2D eigenvalue weighted by Gasteiger charge is 2.10. The van der Waals surface area contributed by atoms with E-state index in [1.54, 1.807) is 24.3 Å². The van der Waals surface area contributed by atoms with E-state index in [0.29, 0.717) is 17.8 Å². The number of hydrogen-bond donors (Lipinski definition) is 1. The van der Waals surface area contributed by atoms with Crippen LogP contribution in [0.25, 0.3) is 0 Å². The molecule has 2 rings (SSSR count). The molecule has 0 saturated heterocycles. The summed E-state index contributed by atoms with van der Waals surface area (Å²) in [6, 6.07) is 11.3. The van der Waals surface area contributed by atoms with Crippen LogP contribution in [0.3, 0.4) is 0 Å². The Morgan fingerprint density at radius 3 is 2.90 bits per heavy atom. The van der Waals surface area contributed by atoms with Crippen LogP contribution in [-0.2, 0) is 6.54 Å². The van der Waals surface area contributed by atoms with Crippen LogP contribution in [0.2, 0.25) is 0 Å². The van der Waals surface area contributed by atoms with Crippen LogP contribution in [0.1, 0.15) is 29.4 Å². The molecule has 0 fully saturated rings. The second kappa shape index (κ2) is 6.48. The molecule has 0 atom stereocenters. The summed E-state index contributed by atoms with van der Waals surface area (Å²) in [5.41, 5.74) is 0.885. The fourth-order valence-electron chi connectivity index (χ4n) is 1.80. The molecule has 0 unspecified atom stereocenters. The summed E-state index contributed by atoms with van der Waals surface area (Å²) >= 11 is 0. The smallest absolute Gasteiger partial charge is 0.276 e. The van der Waals surface area contributed by atoms with Gasteiger partial charge in [-0.15, -0.1) is 0 Å². The van der Waals surface area contributed by atoms with Gasteiger partial charge in [-0.3, -0.25) is 9.59 Å². The Morgan fingerprint density at radius 2 is 2.19 bits per heavy atom. The number of benzene rings is 1. The molecule has 2 aromatic rings. The predicted octanol–water partition coefficient (Wildman–Crippen LogP) is 1.78. The lowest BCUT2D eigenvalue weighted by molar-refractivity contribution is 0.102. The van der Waals surface area contributed by atoms with E-state index in [9.17, 15) is 9.59 Å². The van der Waals surface area contributed by atoms with Gasteiger partial charge in [-0.05, 0) is 30.7 Å². The number of carbonyl (C=O) groups excluding carboxylic acids is 1. The summed E-state index contributed by atoms with van der Waals surface area (Å²) in [4.78, 5) is 23.7. The first-order chi connectivity index (χ1) is 10.1. The van der Waals surface area contributed by atoms with Gasteiger partial charge in [0.15, 0.2) is 0 Å². The second-order valence-electron chi connectivity index (χ2n) is 4.43. The third kappa shape index (κ3) is 3.54. The van der Waals surface area contributed by atoms with Crippen molar-refractivity contribution in [3.05, 3.63) is 58.0 Å². The largest absolute Gasteiger partial charge is 0.321 e. The number of aromatic nitrogens is 2. The van der Waals surface area contributed by atoms with E-state index >= 15 is 0 Å². The van der Waals surface area contributed by atoms with Crippen molar-refractivity contribution in [3.63, 3.8) is 0 Å². The molecule has 21 heavy (non-hydrogen) atoms. The summed E-state index contributed by atoms with van der Waals surface area (Å²) in [6.07, 6.45) is 0.752. The van der Waals surface area contributed by atoms with Crippen LogP contribution in [0.15, 0.2) is 41.2 Å². The molecule has 0 aliphatic rings. The number of carbonyl (C=O) groups is 1. The number of nitriles is 1. The summed E-state index contributed by atoms with van der Waals surface area (Å²) in [7, 11) is 0. The summed E-state index contributed by atoms with van der Waals surface area (Å²) in [5, 5.41) is 15.5. The molecule has 1 amide bonds. The minimum Gasteiger partial charge on any atom is -0.321 e. The van der Waals surface area contributed by atoms with Gasteiger partial charge in [-0.1, -0.05) is 13.0 Å². The van der Waals surface area contributed by atoms with Crippen LogP contribution in [0, 0.1) is 11.3 Å². The number of anilines is 1. The Kier molecular flexibility index (Phi) is 4.46. The molecule has 6 nitrogen and oxygen atoms in total. The van der Waals surface area contributed by atoms with E-state index in [1.165, 1.54) is 16.8 Å². The number of hydrogen-bond acceptors (Lipinski definition) is 4. The Balaban J connectivity index is 2.22. The SMILES string of the molecule is CCCn1nc(C(=O)Nc2cccc(C#N)c2)ccc1=O. The van der Waals surface area contributed by atoms with E-state index in [1.807, 2.05) is 13.0 Å². The molecule has 0 saturated carbocycles. The average Bonchev–Trinajstić information content (AvgIpc) is 2.50.